The predicted octanol–water partition coefficient (Wildman–Crippen LogP) is 1.80. The van der Waals surface area contributed by atoms with Gasteiger partial charge in [0.25, 0.3) is 0 Å². The van der Waals surface area contributed by atoms with Gasteiger partial charge in [-0.25, -0.2) is 0 Å². The quantitative estimate of drug-likeness (QED) is 0.871. The van der Waals surface area contributed by atoms with Crippen LogP contribution >= 0.6 is 15.9 Å². The molecule has 22 heavy (non-hydrogen) atoms. The molecule has 1 saturated heterocycles. The van der Waals surface area contributed by atoms with Crippen molar-refractivity contribution >= 4 is 21.8 Å². The summed E-state index contributed by atoms with van der Waals surface area (Å²) in [6.45, 7) is 2.07. The summed E-state index contributed by atoms with van der Waals surface area (Å²) in [4.78, 5) is 12.5. The van der Waals surface area contributed by atoms with Crippen molar-refractivity contribution in [1.29, 1.82) is 0 Å². The highest BCUT2D eigenvalue weighted by Gasteiger charge is 2.34. The largest absolute Gasteiger partial charge is 0.352 e. The van der Waals surface area contributed by atoms with Crippen LogP contribution < -0.4 is 10.6 Å². The van der Waals surface area contributed by atoms with Crippen LogP contribution in [0.4, 0.5) is 0 Å². The van der Waals surface area contributed by atoms with Gasteiger partial charge in [0.05, 0.1) is 12.1 Å². The normalized spacial score (nSPS) is 21.0. The molecule has 1 aliphatic heterocycles. The highest BCUT2D eigenvalue weighted by atomic mass is 79.9. The Balaban J connectivity index is 1.65. The second kappa shape index (κ2) is 6.62. The molecule has 0 spiro atoms. The third-order valence-electron chi connectivity index (χ3n) is 4.11. The van der Waals surface area contributed by atoms with Crippen LogP contribution in [0.25, 0.3) is 0 Å². The SMILES string of the molecule is Cn1cc([C@H]2CNC[C@@H]2C(=O)NCc2ccccc2Br)cn1. The number of nitrogens with one attached hydrogen (secondary N) is 2. The molecule has 1 amide bonds. The van der Waals surface area contributed by atoms with Crippen LogP contribution in [0.3, 0.4) is 0 Å². The van der Waals surface area contributed by atoms with Crippen molar-refractivity contribution < 1.29 is 4.79 Å². The number of benzene rings is 1. The Kier molecular flexibility index (Phi) is 4.59. The van der Waals surface area contributed by atoms with Gasteiger partial charge in [-0.3, -0.25) is 9.48 Å². The fourth-order valence-electron chi connectivity index (χ4n) is 2.89. The number of carbonyl (C=O) groups is 1. The lowest BCUT2D eigenvalue weighted by Crippen LogP contribution is -2.34. The Morgan fingerprint density at radius 3 is 3.00 bits per heavy atom. The minimum Gasteiger partial charge on any atom is -0.352 e. The maximum Gasteiger partial charge on any atom is 0.225 e. The van der Waals surface area contributed by atoms with Crippen LogP contribution in [0, 0.1) is 5.92 Å². The highest BCUT2D eigenvalue weighted by Crippen LogP contribution is 2.28. The van der Waals surface area contributed by atoms with Gasteiger partial charge in [0.2, 0.25) is 5.91 Å². The number of hydrogen-bond donors (Lipinski definition) is 2. The Bertz CT molecular complexity index is 670. The number of rotatable bonds is 4. The standard InChI is InChI=1S/C16H19BrN4O/c1-21-10-12(7-20-21)13-8-18-9-14(13)16(22)19-6-11-4-2-3-5-15(11)17/h2-5,7,10,13-14,18H,6,8-9H2,1H3,(H,19,22)/t13-,14+/m1/s1. The smallest absolute Gasteiger partial charge is 0.225 e. The van der Waals surface area contributed by atoms with Gasteiger partial charge in [-0.2, -0.15) is 5.10 Å². The van der Waals surface area contributed by atoms with E-state index in [1.165, 1.54) is 0 Å². The second-order valence-electron chi connectivity index (χ2n) is 5.63. The van der Waals surface area contributed by atoms with E-state index in [4.69, 9.17) is 0 Å². The number of aryl methyl sites for hydroxylation is 1. The van der Waals surface area contributed by atoms with Crippen LogP contribution in [0.2, 0.25) is 0 Å². The predicted molar refractivity (Wildman–Crippen MR) is 88.3 cm³/mol. The van der Waals surface area contributed by atoms with Crippen molar-refractivity contribution in [3.05, 3.63) is 52.3 Å². The average molecular weight is 363 g/mol. The van der Waals surface area contributed by atoms with E-state index in [9.17, 15) is 4.79 Å². The van der Waals surface area contributed by atoms with Crippen LogP contribution in [0.1, 0.15) is 17.0 Å². The zero-order valence-corrected chi connectivity index (χ0v) is 14.0. The molecule has 2 heterocycles. The Labute approximate surface area is 138 Å². The van der Waals surface area contributed by atoms with Gasteiger partial charge in [-0.05, 0) is 17.2 Å². The second-order valence-corrected chi connectivity index (χ2v) is 6.48. The molecule has 2 aromatic rings. The van der Waals surface area contributed by atoms with Crippen LogP contribution in [-0.2, 0) is 18.4 Å². The zero-order valence-electron chi connectivity index (χ0n) is 12.4. The van der Waals surface area contributed by atoms with Crippen molar-refractivity contribution in [2.45, 2.75) is 12.5 Å². The Morgan fingerprint density at radius 2 is 2.27 bits per heavy atom. The molecule has 0 radical (unpaired) electrons. The third kappa shape index (κ3) is 3.23. The molecule has 2 atom stereocenters. The van der Waals surface area contributed by atoms with Gasteiger partial charge in [-0.1, -0.05) is 34.1 Å². The molecular formula is C16H19BrN4O. The van der Waals surface area contributed by atoms with Crippen LogP contribution in [0.5, 0.6) is 0 Å². The first-order chi connectivity index (χ1) is 10.6. The first-order valence-electron chi connectivity index (χ1n) is 7.35. The number of halogens is 1. The summed E-state index contributed by atoms with van der Waals surface area (Å²) in [5.74, 6) is 0.231. The number of amides is 1. The summed E-state index contributed by atoms with van der Waals surface area (Å²) in [6.07, 6.45) is 3.84. The molecule has 0 aliphatic carbocycles. The molecule has 0 unspecified atom stereocenters. The maximum atomic E-state index is 12.5. The lowest BCUT2D eigenvalue weighted by atomic mass is 9.90. The van der Waals surface area contributed by atoms with Gasteiger partial charge in [-0.15, -0.1) is 0 Å². The molecule has 1 aromatic carbocycles. The molecule has 1 aromatic heterocycles. The minimum absolute atomic E-state index is 0.0494. The summed E-state index contributed by atoms with van der Waals surface area (Å²) >= 11 is 3.51. The summed E-state index contributed by atoms with van der Waals surface area (Å²) in [7, 11) is 1.90. The Morgan fingerprint density at radius 1 is 1.45 bits per heavy atom. The molecule has 2 N–H and O–H groups in total. The molecule has 6 heteroatoms. The van der Waals surface area contributed by atoms with Crippen molar-refractivity contribution in [2.75, 3.05) is 13.1 Å². The number of hydrogen-bond acceptors (Lipinski definition) is 3. The average Bonchev–Trinajstić information content (AvgIpc) is 3.14. The van der Waals surface area contributed by atoms with E-state index in [-0.39, 0.29) is 17.7 Å². The fourth-order valence-corrected chi connectivity index (χ4v) is 3.32. The van der Waals surface area contributed by atoms with Gasteiger partial charge < -0.3 is 10.6 Å². The van der Waals surface area contributed by atoms with Crippen molar-refractivity contribution in [3.8, 4) is 0 Å². The molecule has 1 fully saturated rings. The molecule has 1 aliphatic rings. The monoisotopic (exact) mass is 362 g/mol. The molecular weight excluding hydrogens is 344 g/mol. The first-order valence-corrected chi connectivity index (χ1v) is 8.15. The molecule has 3 rings (SSSR count). The number of carbonyl (C=O) groups excluding carboxylic acids is 1. The summed E-state index contributed by atoms with van der Waals surface area (Å²) in [5, 5.41) is 10.6. The molecule has 0 bridgehead atoms. The summed E-state index contributed by atoms with van der Waals surface area (Å²) in [5.41, 5.74) is 2.20. The first kappa shape index (κ1) is 15.2. The van der Waals surface area contributed by atoms with E-state index in [0.29, 0.717) is 13.1 Å². The third-order valence-corrected chi connectivity index (χ3v) is 4.89. The highest BCUT2D eigenvalue weighted by molar-refractivity contribution is 9.10. The van der Waals surface area contributed by atoms with E-state index in [0.717, 1.165) is 22.1 Å². The Hall–Kier alpha value is -1.66. The topological polar surface area (TPSA) is 59.0 Å². The summed E-state index contributed by atoms with van der Waals surface area (Å²) < 4.78 is 2.80. The van der Waals surface area contributed by atoms with Crippen LogP contribution in [0.15, 0.2) is 41.1 Å². The van der Waals surface area contributed by atoms with E-state index in [2.05, 4.69) is 31.7 Å². The van der Waals surface area contributed by atoms with Gasteiger partial charge in [0.15, 0.2) is 0 Å². The number of aromatic nitrogens is 2. The maximum absolute atomic E-state index is 12.5. The zero-order chi connectivity index (χ0) is 15.5. The van der Waals surface area contributed by atoms with Crippen LogP contribution in [-0.4, -0.2) is 28.8 Å². The van der Waals surface area contributed by atoms with Crippen molar-refractivity contribution in [1.82, 2.24) is 20.4 Å². The van der Waals surface area contributed by atoms with Gasteiger partial charge in [0, 0.05) is 43.3 Å². The molecule has 0 saturated carbocycles. The minimum atomic E-state index is -0.0494. The van der Waals surface area contributed by atoms with E-state index in [1.54, 1.807) is 4.68 Å². The van der Waals surface area contributed by atoms with E-state index < -0.39 is 0 Å². The summed E-state index contributed by atoms with van der Waals surface area (Å²) in [6, 6.07) is 7.93. The number of nitrogens with zero attached hydrogens (tertiary/aromatic N) is 2. The fraction of sp³-hybridized carbons (Fsp3) is 0.375. The van der Waals surface area contributed by atoms with Crippen molar-refractivity contribution in [2.24, 2.45) is 13.0 Å². The van der Waals surface area contributed by atoms with Gasteiger partial charge >= 0.3 is 0 Å². The van der Waals surface area contributed by atoms with Crippen molar-refractivity contribution in [3.63, 3.8) is 0 Å². The molecule has 116 valence electrons. The van der Waals surface area contributed by atoms with E-state index >= 15 is 0 Å². The van der Waals surface area contributed by atoms with E-state index in [1.807, 2.05) is 43.7 Å². The molecule has 5 nitrogen and oxygen atoms in total. The lowest BCUT2D eigenvalue weighted by molar-refractivity contribution is -0.125. The lowest BCUT2D eigenvalue weighted by Gasteiger charge is -2.17. The van der Waals surface area contributed by atoms with Gasteiger partial charge in [0.1, 0.15) is 0 Å².